The standard InChI is InChI=1S/C16H26NO2/c1-13(2)9-10-17-12-15(18)8-7-14-5-4-6-16(11-14)19-3/h4-6,8,11,13,15,17-18H,7,9-10,12H2,1-3H3. The van der Waals surface area contributed by atoms with Crippen LogP contribution in [0.5, 0.6) is 5.75 Å². The Morgan fingerprint density at radius 2 is 2.16 bits per heavy atom. The average molecular weight is 264 g/mol. The Bertz CT molecular complexity index is 352. The lowest BCUT2D eigenvalue weighted by atomic mass is 10.1. The van der Waals surface area contributed by atoms with Gasteiger partial charge in [0, 0.05) is 6.54 Å². The predicted molar refractivity (Wildman–Crippen MR) is 79.3 cm³/mol. The SMILES string of the molecule is COc1cccc(C[CH]C(O)CNCCC(C)C)c1. The Kier molecular flexibility index (Phi) is 7.53. The van der Waals surface area contributed by atoms with Gasteiger partial charge in [0.2, 0.25) is 0 Å². The molecule has 0 aliphatic carbocycles. The third-order valence-corrected chi connectivity index (χ3v) is 3.01. The van der Waals surface area contributed by atoms with Crippen molar-refractivity contribution in [3.63, 3.8) is 0 Å². The van der Waals surface area contributed by atoms with Crippen LogP contribution < -0.4 is 10.1 Å². The van der Waals surface area contributed by atoms with Crippen molar-refractivity contribution in [1.29, 1.82) is 0 Å². The molecule has 0 bridgehead atoms. The van der Waals surface area contributed by atoms with E-state index >= 15 is 0 Å². The zero-order valence-electron chi connectivity index (χ0n) is 12.2. The zero-order valence-corrected chi connectivity index (χ0v) is 12.2. The van der Waals surface area contributed by atoms with Gasteiger partial charge in [0.15, 0.2) is 0 Å². The summed E-state index contributed by atoms with van der Waals surface area (Å²) in [4.78, 5) is 0. The van der Waals surface area contributed by atoms with Crippen LogP contribution in [0.1, 0.15) is 25.8 Å². The van der Waals surface area contributed by atoms with Crippen LogP contribution in [-0.2, 0) is 6.42 Å². The normalized spacial score (nSPS) is 12.7. The molecule has 0 saturated heterocycles. The Morgan fingerprint density at radius 3 is 2.84 bits per heavy atom. The molecule has 107 valence electrons. The number of hydrogen-bond acceptors (Lipinski definition) is 3. The van der Waals surface area contributed by atoms with Crippen LogP contribution in [0.2, 0.25) is 0 Å². The second-order valence-electron chi connectivity index (χ2n) is 5.25. The molecular weight excluding hydrogens is 238 g/mol. The van der Waals surface area contributed by atoms with E-state index in [9.17, 15) is 5.11 Å². The van der Waals surface area contributed by atoms with Gasteiger partial charge >= 0.3 is 0 Å². The molecule has 0 aliphatic rings. The Balaban J connectivity index is 2.20. The van der Waals surface area contributed by atoms with Crippen molar-refractivity contribution in [3.05, 3.63) is 36.2 Å². The van der Waals surface area contributed by atoms with Crippen molar-refractivity contribution in [3.8, 4) is 5.75 Å². The summed E-state index contributed by atoms with van der Waals surface area (Å²) in [6.45, 7) is 5.98. The highest BCUT2D eigenvalue weighted by atomic mass is 16.5. The molecule has 3 heteroatoms. The molecule has 0 fully saturated rings. The quantitative estimate of drug-likeness (QED) is 0.673. The third kappa shape index (κ3) is 7.19. The van der Waals surface area contributed by atoms with Crippen molar-refractivity contribution in [1.82, 2.24) is 5.32 Å². The molecule has 2 N–H and O–H groups in total. The van der Waals surface area contributed by atoms with Crippen molar-refractivity contribution >= 4 is 0 Å². The number of nitrogens with one attached hydrogen (secondary N) is 1. The summed E-state index contributed by atoms with van der Waals surface area (Å²) in [5.74, 6) is 1.56. The Hall–Kier alpha value is -1.06. The fourth-order valence-electron chi connectivity index (χ4n) is 1.80. The number of methoxy groups -OCH3 is 1. The van der Waals surface area contributed by atoms with Gasteiger partial charge in [-0.15, -0.1) is 0 Å². The Labute approximate surface area is 117 Å². The molecule has 1 unspecified atom stereocenters. The largest absolute Gasteiger partial charge is 0.497 e. The van der Waals surface area contributed by atoms with E-state index in [4.69, 9.17) is 4.74 Å². The number of aliphatic hydroxyl groups excluding tert-OH is 1. The summed E-state index contributed by atoms with van der Waals surface area (Å²) in [5.41, 5.74) is 1.15. The topological polar surface area (TPSA) is 41.5 Å². The summed E-state index contributed by atoms with van der Waals surface area (Å²) in [7, 11) is 1.66. The van der Waals surface area contributed by atoms with E-state index in [-0.39, 0.29) is 0 Å². The number of ether oxygens (including phenoxy) is 1. The van der Waals surface area contributed by atoms with Gasteiger partial charge in [-0.1, -0.05) is 26.0 Å². The highest BCUT2D eigenvalue weighted by molar-refractivity contribution is 5.29. The highest BCUT2D eigenvalue weighted by Crippen LogP contribution is 2.14. The van der Waals surface area contributed by atoms with Crippen molar-refractivity contribution in [2.75, 3.05) is 20.2 Å². The van der Waals surface area contributed by atoms with Crippen LogP contribution in [0.25, 0.3) is 0 Å². The maximum absolute atomic E-state index is 9.85. The molecule has 1 rings (SSSR count). The number of rotatable bonds is 9. The van der Waals surface area contributed by atoms with Crippen LogP contribution in [0.4, 0.5) is 0 Å². The molecule has 0 amide bonds. The van der Waals surface area contributed by atoms with Gasteiger partial charge in [-0.25, -0.2) is 0 Å². The second kappa shape index (κ2) is 8.94. The zero-order chi connectivity index (χ0) is 14.1. The van der Waals surface area contributed by atoms with Gasteiger partial charge in [-0.3, -0.25) is 0 Å². The highest BCUT2D eigenvalue weighted by Gasteiger charge is 2.05. The van der Waals surface area contributed by atoms with Crippen molar-refractivity contribution < 1.29 is 9.84 Å². The van der Waals surface area contributed by atoms with Crippen LogP contribution in [-0.4, -0.2) is 31.4 Å². The minimum absolute atomic E-state index is 0.404. The fourth-order valence-corrected chi connectivity index (χ4v) is 1.80. The van der Waals surface area contributed by atoms with Crippen LogP contribution >= 0.6 is 0 Å². The molecule has 3 nitrogen and oxygen atoms in total. The first-order chi connectivity index (χ1) is 9.11. The predicted octanol–water partition coefficient (Wildman–Crippen LogP) is 2.44. The molecule has 1 aromatic carbocycles. The third-order valence-electron chi connectivity index (χ3n) is 3.01. The minimum atomic E-state index is -0.404. The minimum Gasteiger partial charge on any atom is -0.497 e. The fraction of sp³-hybridized carbons (Fsp3) is 0.562. The summed E-state index contributed by atoms with van der Waals surface area (Å²) in [5, 5.41) is 13.1. The lowest BCUT2D eigenvalue weighted by molar-refractivity contribution is 0.200. The summed E-state index contributed by atoms with van der Waals surface area (Å²) < 4.78 is 5.17. The first-order valence-corrected chi connectivity index (χ1v) is 6.97. The molecule has 0 aliphatic heterocycles. The van der Waals surface area contributed by atoms with E-state index in [1.165, 1.54) is 0 Å². The van der Waals surface area contributed by atoms with Gasteiger partial charge in [-0.05, 0) is 49.4 Å². The molecule has 0 spiro atoms. The maximum atomic E-state index is 9.85. The average Bonchev–Trinajstić information content (AvgIpc) is 2.41. The van der Waals surface area contributed by atoms with Gasteiger partial charge in [-0.2, -0.15) is 0 Å². The molecule has 0 heterocycles. The van der Waals surface area contributed by atoms with Gasteiger partial charge < -0.3 is 15.2 Å². The van der Waals surface area contributed by atoms with Crippen LogP contribution in [0, 0.1) is 12.3 Å². The van der Waals surface area contributed by atoms with E-state index in [0.29, 0.717) is 12.5 Å². The second-order valence-corrected chi connectivity index (χ2v) is 5.25. The molecular formula is C16H26NO2. The summed E-state index contributed by atoms with van der Waals surface area (Å²) in [6, 6.07) is 7.93. The van der Waals surface area contributed by atoms with Crippen LogP contribution in [0.15, 0.2) is 24.3 Å². The van der Waals surface area contributed by atoms with Crippen molar-refractivity contribution in [2.45, 2.75) is 32.8 Å². The van der Waals surface area contributed by atoms with Crippen molar-refractivity contribution in [2.24, 2.45) is 5.92 Å². The van der Waals surface area contributed by atoms with E-state index in [1.54, 1.807) is 7.11 Å². The number of benzene rings is 1. The smallest absolute Gasteiger partial charge is 0.119 e. The monoisotopic (exact) mass is 264 g/mol. The summed E-state index contributed by atoms with van der Waals surface area (Å²) in [6.07, 6.45) is 3.42. The Morgan fingerprint density at radius 1 is 1.37 bits per heavy atom. The van der Waals surface area contributed by atoms with Gasteiger partial charge in [0.1, 0.15) is 5.75 Å². The van der Waals surface area contributed by atoms with E-state index in [2.05, 4.69) is 19.2 Å². The van der Waals surface area contributed by atoms with Gasteiger partial charge in [0.05, 0.1) is 13.2 Å². The maximum Gasteiger partial charge on any atom is 0.119 e. The van der Waals surface area contributed by atoms with E-state index < -0.39 is 6.10 Å². The molecule has 1 atom stereocenters. The number of aliphatic hydroxyl groups is 1. The lowest BCUT2D eigenvalue weighted by Gasteiger charge is -2.12. The van der Waals surface area contributed by atoms with Gasteiger partial charge in [0.25, 0.3) is 0 Å². The summed E-state index contributed by atoms with van der Waals surface area (Å²) >= 11 is 0. The first-order valence-electron chi connectivity index (χ1n) is 6.97. The van der Waals surface area contributed by atoms with Crippen LogP contribution in [0.3, 0.4) is 0 Å². The molecule has 19 heavy (non-hydrogen) atoms. The molecule has 1 radical (unpaired) electrons. The first kappa shape index (κ1) is 16.0. The number of hydrogen-bond donors (Lipinski definition) is 2. The lowest BCUT2D eigenvalue weighted by Crippen LogP contribution is -2.28. The molecule has 1 aromatic rings. The van der Waals surface area contributed by atoms with E-state index in [1.807, 2.05) is 30.7 Å². The molecule has 0 aromatic heterocycles. The molecule has 0 saturated carbocycles. The van der Waals surface area contributed by atoms with E-state index in [0.717, 1.165) is 30.7 Å².